The summed E-state index contributed by atoms with van der Waals surface area (Å²) in [4.78, 5) is 10.2. The Labute approximate surface area is 100 Å². The summed E-state index contributed by atoms with van der Waals surface area (Å²) >= 11 is 13.2. The van der Waals surface area contributed by atoms with Gasteiger partial charge in [0.25, 0.3) is 5.70 Å². The van der Waals surface area contributed by atoms with E-state index in [1.165, 1.54) is 6.08 Å². The molecule has 0 aromatic rings. The summed E-state index contributed by atoms with van der Waals surface area (Å²) in [7, 11) is 0. The molecule has 3 nitrogen and oxygen atoms in total. The molecule has 0 aromatic heterocycles. The molecular formula is C8H7BrClNO2S. The van der Waals surface area contributed by atoms with Crippen LogP contribution in [0.4, 0.5) is 0 Å². The molecule has 14 heavy (non-hydrogen) atoms. The number of allylic oxidation sites excluding steroid dienone is 4. The van der Waals surface area contributed by atoms with Crippen molar-refractivity contribution in [3.63, 3.8) is 0 Å². The Balaban J connectivity index is 3.22. The molecule has 0 amide bonds. The van der Waals surface area contributed by atoms with Gasteiger partial charge in [-0.25, -0.2) is 0 Å². The smallest absolute Gasteiger partial charge is 0.259 e. The maximum Gasteiger partial charge on any atom is 0.279 e. The van der Waals surface area contributed by atoms with Gasteiger partial charge in [0, 0.05) is 0 Å². The van der Waals surface area contributed by atoms with Crippen LogP contribution in [0, 0.1) is 10.1 Å². The molecule has 0 spiro atoms. The van der Waals surface area contributed by atoms with Crippen molar-refractivity contribution in [2.24, 2.45) is 0 Å². The van der Waals surface area contributed by atoms with E-state index in [1.54, 1.807) is 12.2 Å². The molecule has 0 N–H and O–H groups in total. The average Bonchev–Trinajstić information content (AvgIpc) is 2.12. The number of hydrogen-bond donors (Lipinski definition) is 1. The average molecular weight is 297 g/mol. The van der Waals surface area contributed by atoms with E-state index in [-0.39, 0.29) is 10.7 Å². The molecule has 0 fully saturated rings. The van der Waals surface area contributed by atoms with Gasteiger partial charge in [-0.2, -0.15) is 12.6 Å². The Morgan fingerprint density at radius 1 is 1.86 bits per heavy atom. The van der Waals surface area contributed by atoms with Gasteiger partial charge in [-0.15, -0.1) is 6.58 Å². The van der Waals surface area contributed by atoms with Gasteiger partial charge in [-0.05, 0) is 6.08 Å². The summed E-state index contributed by atoms with van der Waals surface area (Å²) < 4.78 is -0.711. The highest BCUT2D eigenvalue weighted by molar-refractivity contribution is 9.10. The van der Waals surface area contributed by atoms with Crippen LogP contribution in [0.25, 0.3) is 0 Å². The number of hydrogen-bond acceptors (Lipinski definition) is 3. The molecule has 0 heterocycles. The molecule has 1 rings (SSSR count). The summed E-state index contributed by atoms with van der Waals surface area (Å²) in [5.74, 6) is 0. The van der Waals surface area contributed by atoms with Gasteiger partial charge < -0.3 is 0 Å². The van der Waals surface area contributed by atoms with Crippen LogP contribution in [0.1, 0.15) is 0 Å². The van der Waals surface area contributed by atoms with Crippen LogP contribution in [0.15, 0.2) is 35.5 Å². The molecule has 0 aromatic carbocycles. The topological polar surface area (TPSA) is 43.1 Å². The third-order valence-corrected chi connectivity index (χ3v) is 4.31. The van der Waals surface area contributed by atoms with Crippen LogP contribution >= 0.6 is 40.2 Å². The third-order valence-electron chi connectivity index (χ3n) is 1.92. The molecule has 76 valence electrons. The maximum absolute atomic E-state index is 10.7. The summed E-state index contributed by atoms with van der Waals surface area (Å²) in [6, 6.07) is 0. The lowest BCUT2D eigenvalue weighted by Crippen LogP contribution is -2.34. The maximum atomic E-state index is 10.7. The molecule has 2 atom stereocenters. The van der Waals surface area contributed by atoms with E-state index in [4.69, 9.17) is 11.6 Å². The van der Waals surface area contributed by atoms with E-state index in [1.807, 2.05) is 0 Å². The molecule has 1 aliphatic rings. The Bertz CT molecular complexity index is 355. The first-order valence-corrected chi connectivity index (χ1v) is 5.35. The number of nitrogens with zero attached hydrogens (tertiary/aromatic N) is 1. The third kappa shape index (κ3) is 1.89. The molecule has 1 aliphatic carbocycles. The Morgan fingerprint density at radius 3 is 2.86 bits per heavy atom. The molecule has 6 heteroatoms. The van der Waals surface area contributed by atoms with Crippen LogP contribution in [0.2, 0.25) is 0 Å². The zero-order chi connectivity index (χ0) is 10.9. The van der Waals surface area contributed by atoms with Gasteiger partial charge in [0.2, 0.25) is 0 Å². The monoisotopic (exact) mass is 295 g/mol. The fourth-order valence-electron chi connectivity index (χ4n) is 1.08. The number of rotatable bonds is 2. The number of nitro groups is 1. The van der Waals surface area contributed by atoms with Crippen LogP contribution < -0.4 is 0 Å². The Kier molecular flexibility index (Phi) is 3.44. The van der Waals surface area contributed by atoms with E-state index in [0.717, 1.165) is 0 Å². The predicted molar refractivity (Wildman–Crippen MR) is 63.6 cm³/mol. The number of halogens is 2. The second-order valence-electron chi connectivity index (χ2n) is 2.76. The summed E-state index contributed by atoms with van der Waals surface area (Å²) in [5, 5.41) is 10.2. The van der Waals surface area contributed by atoms with Crippen molar-refractivity contribution in [3.8, 4) is 0 Å². The van der Waals surface area contributed by atoms with Crippen molar-refractivity contribution in [2.75, 3.05) is 0 Å². The molecule has 0 saturated heterocycles. The number of thiol groups is 1. The SMILES string of the molecule is C=CC1(Br)C=CC(Cl)=C([N+](=O)[O-])C1S. The van der Waals surface area contributed by atoms with Gasteiger partial charge in [-0.3, -0.25) is 10.1 Å². The summed E-state index contributed by atoms with van der Waals surface area (Å²) in [5.41, 5.74) is -0.116. The first-order valence-electron chi connectivity index (χ1n) is 3.66. The molecule has 0 saturated carbocycles. The van der Waals surface area contributed by atoms with Crippen LogP contribution in [0.3, 0.4) is 0 Å². The molecule has 0 radical (unpaired) electrons. The summed E-state index contributed by atoms with van der Waals surface area (Å²) in [6.07, 6.45) is 4.71. The molecule has 0 bridgehead atoms. The number of alkyl halides is 1. The zero-order valence-electron chi connectivity index (χ0n) is 6.98. The quantitative estimate of drug-likeness (QED) is 0.280. The fourth-order valence-corrected chi connectivity index (χ4v) is 2.18. The standard InChI is InChI=1S/C8H7BrClNO2S/c1-2-8(9)4-3-5(10)6(7(8)14)11(12)13/h2-4,7,14H,1H2. The van der Waals surface area contributed by atoms with Gasteiger partial charge >= 0.3 is 0 Å². The lowest BCUT2D eigenvalue weighted by Gasteiger charge is -2.27. The van der Waals surface area contributed by atoms with Crippen molar-refractivity contribution < 1.29 is 4.92 Å². The first kappa shape index (κ1) is 11.8. The molecular weight excluding hydrogens is 290 g/mol. The van der Waals surface area contributed by atoms with Crippen LogP contribution in [-0.2, 0) is 0 Å². The van der Waals surface area contributed by atoms with Gasteiger partial charge in [0.05, 0.1) is 9.25 Å². The second kappa shape index (κ2) is 4.08. The largest absolute Gasteiger partial charge is 0.279 e. The van der Waals surface area contributed by atoms with Crippen molar-refractivity contribution in [3.05, 3.63) is 45.7 Å². The second-order valence-corrected chi connectivity index (χ2v) is 5.05. The van der Waals surface area contributed by atoms with E-state index >= 15 is 0 Å². The lowest BCUT2D eigenvalue weighted by molar-refractivity contribution is -0.427. The minimum Gasteiger partial charge on any atom is -0.259 e. The highest BCUT2D eigenvalue weighted by atomic mass is 79.9. The van der Waals surface area contributed by atoms with E-state index in [2.05, 4.69) is 35.1 Å². The van der Waals surface area contributed by atoms with Crippen molar-refractivity contribution in [2.45, 2.75) is 9.57 Å². The lowest BCUT2D eigenvalue weighted by atomic mass is 9.97. The van der Waals surface area contributed by atoms with Crippen LogP contribution in [0.5, 0.6) is 0 Å². The van der Waals surface area contributed by atoms with Crippen molar-refractivity contribution >= 4 is 40.2 Å². The first-order chi connectivity index (χ1) is 6.42. The van der Waals surface area contributed by atoms with E-state index in [9.17, 15) is 10.1 Å². The predicted octanol–water partition coefficient (Wildman–Crippen LogP) is 2.90. The highest BCUT2D eigenvalue weighted by Crippen LogP contribution is 2.39. The summed E-state index contributed by atoms with van der Waals surface area (Å²) in [6.45, 7) is 3.59. The minimum absolute atomic E-state index is 0.104. The Hall–Kier alpha value is -0.260. The molecule has 2 unspecified atom stereocenters. The van der Waals surface area contributed by atoms with Crippen LogP contribution in [-0.4, -0.2) is 14.5 Å². The van der Waals surface area contributed by atoms with Crippen molar-refractivity contribution in [1.82, 2.24) is 0 Å². The van der Waals surface area contributed by atoms with Gasteiger partial charge in [0.15, 0.2) is 0 Å². The fraction of sp³-hybridized carbons (Fsp3) is 0.250. The van der Waals surface area contributed by atoms with E-state index < -0.39 is 14.5 Å². The normalized spacial score (nSPS) is 31.8. The van der Waals surface area contributed by atoms with E-state index in [0.29, 0.717) is 0 Å². The Morgan fingerprint density at radius 2 is 2.43 bits per heavy atom. The zero-order valence-corrected chi connectivity index (χ0v) is 10.2. The molecule has 0 aliphatic heterocycles. The van der Waals surface area contributed by atoms with Gasteiger partial charge in [0.1, 0.15) is 10.3 Å². The van der Waals surface area contributed by atoms with Gasteiger partial charge in [-0.1, -0.05) is 39.7 Å². The van der Waals surface area contributed by atoms with Crippen molar-refractivity contribution in [1.29, 1.82) is 0 Å². The highest BCUT2D eigenvalue weighted by Gasteiger charge is 2.41. The minimum atomic E-state index is -0.711.